The highest BCUT2D eigenvalue weighted by molar-refractivity contribution is 5.93. The summed E-state index contributed by atoms with van der Waals surface area (Å²) in [5, 5.41) is 12.0. The minimum absolute atomic E-state index is 0.0232. The van der Waals surface area contributed by atoms with Crippen LogP contribution in [0.1, 0.15) is 27.0 Å². The number of anilines is 1. The topological polar surface area (TPSA) is 72.9 Å². The molecule has 0 aromatic heterocycles. The molecule has 0 bridgehead atoms. The van der Waals surface area contributed by atoms with Crippen LogP contribution in [-0.2, 0) is 11.3 Å². The lowest BCUT2D eigenvalue weighted by Gasteiger charge is -2.34. The number of aryl methyl sites for hydroxylation is 2. The van der Waals surface area contributed by atoms with E-state index in [1.807, 2.05) is 44.2 Å². The van der Waals surface area contributed by atoms with E-state index in [9.17, 15) is 9.59 Å². The van der Waals surface area contributed by atoms with E-state index in [0.717, 1.165) is 55.1 Å². The zero-order valence-corrected chi connectivity index (χ0v) is 16.4. The molecule has 2 aromatic rings. The van der Waals surface area contributed by atoms with E-state index in [0.29, 0.717) is 12.1 Å². The van der Waals surface area contributed by atoms with Crippen LogP contribution in [0.15, 0.2) is 42.5 Å². The molecule has 2 aromatic carbocycles. The van der Waals surface area contributed by atoms with Crippen molar-refractivity contribution < 1.29 is 14.7 Å². The number of nitrogens with one attached hydrogen (secondary N) is 1. The van der Waals surface area contributed by atoms with Gasteiger partial charge >= 0.3 is 5.97 Å². The first-order chi connectivity index (χ1) is 13.4. The van der Waals surface area contributed by atoms with Crippen LogP contribution in [0.5, 0.6) is 0 Å². The third-order valence-electron chi connectivity index (χ3n) is 5.18. The number of carbonyl (C=O) groups excluding carboxylic acids is 1. The number of hydrogen-bond donors (Lipinski definition) is 2. The van der Waals surface area contributed by atoms with Gasteiger partial charge in [0.15, 0.2) is 0 Å². The highest BCUT2D eigenvalue weighted by Crippen LogP contribution is 2.19. The number of carboxylic acids is 1. The molecule has 1 heterocycles. The molecule has 0 atom stereocenters. The van der Waals surface area contributed by atoms with Crippen molar-refractivity contribution in [3.05, 3.63) is 64.7 Å². The maximum absolute atomic E-state index is 12.4. The maximum Gasteiger partial charge on any atom is 0.335 e. The van der Waals surface area contributed by atoms with Crippen molar-refractivity contribution in [2.24, 2.45) is 0 Å². The molecule has 0 spiro atoms. The fourth-order valence-corrected chi connectivity index (χ4v) is 3.51. The van der Waals surface area contributed by atoms with Gasteiger partial charge in [0.05, 0.1) is 12.1 Å². The van der Waals surface area contributed by atoms with E-state index >= 15 is 0 Å². The lowest BCUT2D eigenvalue weighted by molar-refractivity contribution is -0.117. The lowest BCUT2D eigenvalue weighted by Crippen LogP contribution is -2.48. The van der Waals surface area contributed by atoms with Gasteiger partial charge in [-0.25, -0.2) is 4.79 Å². The summed E-state index contributed by atoms with van der Waals surface area (Å²) in [6.07, 6.45) is 0. The number of hydrogen-bond acceptors (Lipinski definition) is 4. The molecule has 6 heteroatoms. The minimum Gasteiger partial charge on any atom is -0.478 e. The zero-order chi connectivity index (χ0) is 20.1. The van der Waals surface area contributed by atoms with Crippen molar-refractivity contribution in [1.29, 1.82) is 0 Å². The molecule has 0 saturated carbocycles. The van der Waals surface area contributed by atoms with E-state index in [2.05, 4.69) is 15.1 Å². The Morgan fingerprint density at radius 3 is 2.07 bits per heavy atom. The first-order valence-corrected chi connectivity index (χ1v) is 9.55. The van der Waals surface area contributed by atoms with Gasteiger partial charge in [0.25, 0.3) is 0 Å². The average Bonchev–Trinajstić information content (AvgIpc) is 2.67. The largest absolute Gasteiger partial charge is 0.478 e. The summed E-state index contributed by atoms with van der Waals surface area (Å²) in [7, 11) is 0. The third-order valence-corrected chi connectivity index (χ3v) is 5.18. The molecule has 1 fully saturated rings. The van der Waals surface area contributed by atoms with Crippen LogP contribution in [0.3, 0.4) is 0 Å². The number of benzene rings is 2. The Bertz CT molecular complexity index is 820. The zero-order valence-electron chi connectivity index (χ0n) is 16.4. The first-order valence-electron chi connectivity index (χ1n) is 9.55. The van der Waals surface area contributed by atoms with Gasteiger partial charge in [0.2, 0.25) is 5.91 Å². The Kier molecular flexibility index (Phi) is 6.44. The molecule has 0 unspecified atom stereocenters. The predicted molar refractivity (Wildman–Crippen MR) is 110 cm³/mol. The summed E-state index contributed by atoms with van der Waals surface area (Å²) in [5.74, 6) is -0.880. The lowest BCUT2D eigenvalue weighted by atomic mass is 10.1. The van der Waals surface area contributed by atoms with Gasteiger partial charge < -0.3 is 10.4 Å². The average molecular weight is 381 g/mol. The Morgan fingerprint density at radius 2 is 1.50 bits per heavy atom. The number of piperazine rings is 1. The molecular formula is C22H27N3O3. The quantitative estimate of drug-likeness (QED) is 0.805. The van der Waals surface area contributed by atoms with Crippen LogP contribution >= 0.6 is 0 Å². The van der Waals surface area contributed by atoms with E-state index in [-0.39, 0.29) is 5.91 Å². The Balaban J connectivity index is 1.46. The highest BCUT2D eigenvalue weighted by Gasteiger charge is 2.19. The SMILES string of the molecule is Cc1cccc(C)c1NC(=O)CN1CCN(Cc2ccc(C(=O)O)cc2)CC1. The van der Waals surface area contributed by atoms with Crippen molar-refractivity contribution in [2.75, 3.05) is 38.0 Å². The van der Waals surface area contributed by atoms with Crippen molar-refractivity contribution in [3.8, 4) is 0 Å². The predicted octanol–water partition coefficient (Wildman–Crippen LogP) is 2.76. The second-order valence-corrected chi connectivity index (χ2v) is 7.37. The fraction of sp³-hybridized carbons (Fsp3) is 0.364. The second kappa shape index (κ2) is 8.99. The van der Waals surface area contributed by atoms with E-state index in [4.69, 9.17) is 5.11 Å². The molecule has 2 N–H and O–H groups in total. The fourth-order valence-electron chi connectivity index (χ4n) is 3.51. The molecule has 0 radical (unpaired) electrons. The number of aromatic carboxylic acids is 1. The smallest absolute Gasteiger partial charge is 0.335 e. The number of carboxylic acid groups (broad SMARTS) is 1. The van der Waals surface area contributed by atoms with Gasteiger partial charge in [-0.15, -0.1) is 0 Å². The Morgan fingerprint density at radius 1 is 0.929 bits per heavy atom. The van der Waals surface area contributed by atoms with Crippen LogP contribution in [0, 0.1) is 13.8 Å². The Labute approximate surface area is 165 Å². The molecule has 6 nitrogen and oxygen atoms in total. The van der Waals surface area contributed by atoms with E-state index in [1.54, 1.807) is 12.1 Å². The van der Waals surface area contributed by atoms with Crippen LogP contribution in [-0.4, -0.2) is 59.5 Å². The highest BCUT2D eigenvalue weighted by atomic mass is 16.4. The van der Waals surface area contributed by atoms with Crippen LogP contribution in [0.2, 0.25) is 0 Å². The van der Waals surface area contributed by atoms with Gasteiger partial charge in [-0.05, 0) is 42.7 Å². The molecule has 3 rings (SSSR count). The van der Waals surface area contributed by atoms with Crippen LogP contribution < -0.4 is 5.32 Å². The summed E-state index contributed by atoms with van der Waals surface area (Å²) in [6, 6.07) is 13.0. The number of rotatable bonds is 6. The van der Waals surface area contributed by atoms with Gasteiger partial charge in [0, 0.05) is 38.4 Å². The number of amides is 1. The molecule has 28 heavy (non-hydrogen) atoms. The molecular weight excluding hydrogens is 354 g/mol. The monoisotopic (exact) mass is 381 g/mol. The van der Waals surface area contributed by atoms with Crippen molar-refractivity contribution in [3.63, 3.8) is 0 Å². The number of carbonyl (C=O) groups is 2. The van der Waals surface area contributed by atoms with Gasteiger partial charge in [-0.3, -0.25) is 14.6 Å². The normalized spacial score (nSPS) is 15.4. The number of para-hydroxylation sites is 1. The van der Waals surface area contributed by atoms with Gasteiger partial charge in [-0.2, -0.15) is 0 Å². The molecule has 1 aliphatic rings. The summed E-state index contributed by atoms with van der Waals surface area (Å²) < 4.78 is 0. The summed E-state index contributed by atoms with van der Waals surface area (Å²) in [5.41, 5.74) is 4.48. The summed E-state index contributed by atoms with van der Waals surface area (Å²) in [6.45, 7) is 8.65. The molecule has 1 aliphatic heterocycles. The van der Waals surface area contributed by atoms with Crippen molar-refractivity contribution in [1.82, 2.24) is 9.80 Å². The third kappa shape index (κ3) is 5.18. The number of nitrogens with zero attached hydrogens (tertiary/aromatic N) is 2. The summed E-state index contributed by atoms with van der Waals surface area (Å²) in [4.78, 5) is 27.9. The summed E-state index contributed by atoms with van der Waals surface area (Å²) >= 11 is 0. The molecule has 1 amide bonds. The van der Waals surface area contributed by atoms with Crippen molar-refractivity contribution in [2.45, 2.75) is 20.4 Å². The van der Waals surface area contributed by atoms with Crippen LogP contribution in [0.4, 0.5) is 5.69 Å². The molecule has 0 aliphatic carbocycles. The van der Waals surface area contributed by atoms with E-state index in [1.165, 1.54) is 0 Å². The second-order valence-electron chi connectivity index (χ2n) is 7.37. The standard InChI is InChI=1S/C22H27N3O3/c1-16-4-3-5-17(2)21(16)23-20(26)15-25-12-10-24(11-13-25)14-18-6-8-19(9-7-18)22(27)28/h3-9H,10-15H2,1-2H3,(H,23,26)(H,27,28). The molecule has 1 saturated heterocycles. The minimum atomic E-state index is -0.903. The Hall–Kier alpha value is -2.70. The first kappa shape index (κ1) is 20.0. The van der Waals surface area contributed by atoms with Crippen molar-refractivity contribution >= 4 is 17.6 Å². The van der Waals surface area contributed by atoms with E-state index < -0.39 is 5.97 Å². The van der Waals surface area contributed by atoms with Gasteiger partial charge in [0.1, 0.15) is 0 Å². The van der Waals surface area contributed by atoms with Gasteiger partial charge in [-0.1, -0.05) is 30.3 Å². The maximum atomic E-state index is 12.4. The van der Waals surface area contributed by atoms with Crippen LogP contribution in [0.25, 0.3) is 0 Å². The molecule has 148 valence electrons.